The normalized spacial score (nSPS) is 11.5. The van der Waals surface area contributed by atoms with Crippen LogP contribution in [0.4, 0.5) is 0 Å². The molecule has 0 aliphatic rings. The Hall–Kier alpha value is -2.93. The van der Waals surface area contributed by atoms with Crippen molar-refractivity contribution < 1.29 is 4.42 Å². The summed E-state index contributed by atoms with van der Waals surface area (Å²) in [5.41, 5.74) is 1.62. The van der Waals surface area contributed by atoms with Crippen LogP contribution in [0.3, 0.4) is 0 Å². The minimum absolute atomic E-state index is 0.0146. The highest BCUT2D eigenvalue weighted by Crippen LogP contribution is 2.24. The summed E-state index contributed by atoms with van der Waals surface area (Å²) in [6.07, 6.45) is 5.77. The van der Waals surface area contributed by atoms with E-state index < -0.39 is 0 Å². The van der Waals surface area contributed by atoms with Crippen molar-refractivity contribution in [2.45, 2.75) is 63.4 Å². The average molecular weight is 463 g/mol. The number of nitrogens with zero attached hydrogens (tertiary/aromatic N) is 4. The summed E-state index contributed by atoms with van der Waals surface area (Å²) in [5, 5.41) is 9.69. The second kappa shape index (κ2) is 11.3. The third-order valence-electron chi connectivity index (χ3n) is 5.55. The van der Waals surface area contributed by atoms with Crippen LogP contribution in [0.25, 0.3) is 22.4 Å². The average Bonchev–Trinajstić information content (AvgIpc) is 3.31. The number of para-hydroxylation sites is 1. The van der Waals surface area contributed by atoms with Gasteiger partial charge in [-0.3, -0.25) is 9.36 Å². The van der Waals surface area contributed by atoms with Crippen LogP contribution in [0.5, 0.6) is 0 Å². The highest BCUT2D eigenvalue weighted by atomic mass is 32.2. The predicted octanol–water partition coefficient (Wildman–Crippen LogP) is 6.35. The van der Waals surface area contributed by atoms with Gasteiger partial charge in [0.25, 0.3) is 5.56 Å². The lowest BCUT2D eigenvalue weighted by Gasteiger charge is -2.12. The van der Waals surface area contributed by atoms with E-state index in [0.717, 1.165) is 24.3 Å². The Bertz CT molecular complexity index is 1230. The number of thioether (sulfide) groups is 1. The van der Waals surface area contributed by atoms with Gasteiger partial charge in [0, 0.05) is 12.1 Å². The van der Waals surface area contributed by atoms with Gasteiger partial charge < -0.3 is 4.42 Å². The molecule has 0 radical (unpaired) electrons. The molecule has 0 unspecified atom stereocenters. The zero-order valence-corrected chi connectivity index (χ0v) is 20.1. The predicted molar refractivity (Wildman–Crippen MR) is 133 cm³/mol. The Labute approximate surface area is 198 Å². The molecule has 33 heavy (non-hydrogen) atoms. The van der Waals surface area contributed by atoms with Crippen molar-refractivity contribution in [3.05, 3.63) is 70.8 Å². The van der Waals surface area contributed by atoms with Crippen molar-refractivity contribution in [1.82, 2.24) is 19.7 Å². The number of benzene rings is 2. The largest absolute Gasteiger partial charge is 0.420 e. The van der Waals surface area contributed by atoms with E-state index in [0.29, 0.717) is 40.1 Å². The van der Waals surface area contributed by atoms with Crippen molar-refractivity contribution in [3.8, 4) is 11.5 Å². The zero-order valence-electron chi connectivity index (χ0n) is 19.2. The fraction of sp³-hybridized carbons (Fsp3) is 0.385. The number of fused-ring (bicyclic) bond motifs is 1. The molecule has 0 saturated carbocycles. The fourth-order valence-corrected chi connectivity index (χ4v) is 4.63. The molecular formula is C26H30N4O2S. The minimum atomic E-state index is 0.0146. The maximum Gasteiger partial charge on any atom is 0.262 e. The van der Waals surface area contributed by atoms with Crippen LogP contribution in [0, 0.1) is 5.92 Å². The summed E-state index contributed by atoms with van der Waals surface area (Å²) < 4.78 is 7.64. The van der Waals surface area contributed by atoms with Gasteiger partial charge in [0.15, 0.2) is 5.16 Å². The Morgan fingerprint density at radius 3 is 2.52 bits per heavy atom. The SMILES string of the molecule is CC(C)CCCCCCn1c(SCc2nnc(-c3ccccc3)o2)nc2ccccc2c1=O. The maximum atomic E-state index is 13.2. The smallest absolute Gasteiger partial charge is 0.262 e. The standard InChI is InChI=1S/C26H30N4O2S/c1-19(2)12-6-3-4-11-17-30-25(31)21-15-9-10-16-22(21)27-26(30)33-18-23-28-29-24(32-23)20-13-7-5-8-14-20/h5,7-10,13-16,19H,3-4,6,11-12,17-18H2,1-2H3. The van der Waals surface area contributed by atoms with Gasteiger partial charge in [-0.05, 0) is 36.6 Å². The second-order valence-corrected chi connectivity index (χ2v) is 9.56. The first-order chi connectivity index (χ1) is 16.1. The molecular weight excluding hydrogens is 432 g/mol. The molecule has 0 saturated heterocycles. The van der Waals surface area contributed by atoms with Crippen molar-refractivity contribution in [3.63, 3.8) is 0 Å². The lowest BCUT2D eigenvalue weighted by Crippen LogP contribution is -2.23. The summed E-state index contributed by atoms with van der Waals surface area (Å²) in [6.45, 7) is 5.19. The van der Waals surface area contributed by atoms with Crippen molar-refractivity contribution in [2.24, 2.45) is 5.92 Å². The molecule has 2 heterocycles. The summed E-state index contributed by atoms with van der Waals surface area (Å²) in [7, 11) is 0. The Morgan fingerprint density at radius 2 is 1.70 bits per heavy atom. The molecule has 6 nitrogen and oxygen atoms in total. The highest BCUT2D eigenvalue weighted by Gasteiger charge is 2.14. The van der Waals surface area contributed by atoms with Crippen LogP contribution >= 0.6 is 11.8 Å². The summed E-state index contributed by atoms with van der Waals surface area (Å²) in [4.78, 5) is 18.0. The Balaban J connectivity index is 1.48. The molecule has 0 N–H and O–H groups in total. The molecule has 0 amide bonds. The van der Waals surface area contributed by atoms with Crippen LogP contribution in [-0.2, 0) is 12.3 Å². The number of rotatable bonds is 11. The quantitative estimate of drug-likeness (QED) is 0.147. The molecule has 0 bridgehead atoms. The molecule has 0 aliphatic carbocycles. The molecule has 172 valence electrons. The van der Waals surface area contributed by atoms with Crippen molar-refractivity contribution in [1.29, 1.82) is 0 Å². The lowest BCUT2D eigenvalue weighted by molar-refractivity contribution is 0.490. The minimum Gasteiger partial charge on any atom is -0.420 e. The fourth-order valence-electron chi connectivity index (χ4n) is 3.77. The zero-order chi connectivity index (χ0) is 23.0. The molecule has 4 aromatic rings. The Morgan fingerprint density at radius 1 is 0.939 bits per heavy atom. The van der Waals surface area contributed by atoms with Gasteiger partial charge in [0.1, 0.15) is 0 Å². The molecule has 2 aromatic heterocycles. The maximum absolute atomic E-state index is 13.2. The van der Waals surface area contributed by atoms with Crippen LogP contribution in [0.1, 0.15) is 51.8 Å². The van der Waals surface area contributed by atoms with E-state index in [-0.39, 0.29) is 5.56 Å². The monoisotopic (exact) mass is 462 g/mol. The van der Waals surface area contributed by atoms with Crippen LogP contribution in [-0.4, -0.2) is 19.7 Å². The topological polar surface area (TPSA) is 73.8 Å². The first-order valence-corrected chi connectivity index (χ1v) is 12.6. The van der Waals surface area contributed by atoms with Crippen molar-refractivity contribution in [2.75, 3.05) is 0 Å². The molecule has 0 fully saturated rings. The Kier molecular flexibility index (Phi) is 7.94. The van der Waals surface area contributed by atoms with Gasteiger partial charge >= 0.3 is 0 Å². The van der Waals surface area contributed by atoms with Crippen LogP contribution in [0.15, 0.2) is 69.0 Å². The first-order valence-electron chi connectivity index (χ1n) is 11.6. The molecule has 0 spiro atoms. The van der Waals surface area contributed by atoms with Gasteiger partial charge in [-0.2, -0.15) is 0 Å². The first kappa shape index (κ1) is 23.2. The molecule has 2 aromatic carbocycles. The van der Waals surface area contributed by atoms with E-state index in [1.165, 1.54) is 31.0 Å². The van der Waals surface area contributed by atoms with E-state index in [1.54, 1.807) is 0 Å². The van der Waals surface area contributed by atoms with Gasteiger partial charge in [-0.15, -0.1) is 10.2 Å². The summed E-state index contributed by atoms with van der Waals surface area (Å²) in [5.74, 6) is 2.21. The summed E-state index contributed by atoms with van der Waals surface area (Å²) in [6, 6.07) is 17.2. The van der Waals surface area contributed by atoms with E-state index in [1.807, 2.05) is 59.2 Å². The number of aromatic nitrogens is 4. The van der Waals surface area contributed by atoms with E-state index in [2.05, 4.69) is 24.0 Å². The van der Waals surface area contributed by atoms with Crippen LogP contribution in [0.2, 0.25) is 0 Å². The molecule has 0 aliphatic heterocycles. The van der Waals surface area contributed by atoms with Crippen LogP contribution < -0.4 is 5.56 Å². The number of unbranched alkanes of at least 4 members (excludes halogenated alkanes) is 3. The van der Waals surface area contributed by atoms with Gasteiger partial charge in [-0.1, -0.05) is 81.6 Å². The number of hydrogen-bond donors (Lipinski definition) is 0. The molecule has 7 heteroatoms. The van der Waals surface area contributed by atoms with E-state index >= 15 is 0 Å². The van der Waals surface area contributed by atoms with Gasteiger partial charge in [0.05, 0.1) is 16.7 Å². The molecule has 4 rings (SSSR count). The lowest BCUT2D eigenvalue weighted by atomic mass is 10.0. The second-order valence-electron chi connectivity index (χ2n) is 8.62. The summed E-state index contributed by atoms with van der Waals surface area (Å²) >= 11 is 1.47. The number of hydrogen-bond acceptors (Lipinski definition) is 6. The third-order valence-corrected chi connectivity index (χ3v) is 6.51. The van der Waals surface area contributed by atoms with Crippen molar-refractivity contribution >= 4 is 22.7 Å². The van der Waals surface area contributed by atoms with E-state index in [4.69, 9.17) is 9.40 Å². The third kappa shape index (κ3) is 6.11. The van der Waals surface area contributed by atoms with Gasteiger partial charge in [0.2, 0.25) is 11.8 Å². The molecule has 0 atom stereocenters. The van der Waals surface area contributed by atoms with E-state index in [9.17, 15) is 4.79 Å². The highest BCUT2D eigenvalue weighted by molar-refractivity contribution is 7.98. The van der Waals surface area contributed by atoms with Gasteiger partial charge in [-0.25, -0.2) is 4.98 Å².